The minimum atomic E-state index is 0.460. The Kier molecular flexibility index (Phi) is 3.59. The van der Waals surface area contributed by atoms with Crippen LogP contribution in [0.25, 0.3) is 0 Å². The van der Waals surface area contributed by atoms with E-state index in [0.29, 0.717) is 11.6 Å². The van der Waals surface area contributed by atoms with Crippen LogP contribution in [0, 0.1) is 11.3 Å². The first-order chi connectivity index (χ1) is 8.69. The zero-order valence-electron chi connectivity index (χ0n) is 10.5. The molecule has 0 spiro atoms. The normalized spacial score (nSPS) is 11.0. The fraction of sp³-hybridized carbons (Fsp3) is 0.200. The predicted molar refractivity (Wildman–Crippen MR) is 73.2 cm³/mol. The topological polar surface area (TPSA) is 41.1 Å². The van der Waals surface area contributed by atoms with E-state index in [1.807, 2.05) is 30.6 Å². The number of hydrogen-bond acceptors (Lipinski definition) is 2. The maximum atomic E-state index is 8.70. The number of nitriles is 1. The molecule has 3 nitrogen and oxygen atoms in total. The molecule has 1 heterocycles. The van der Waals surface area contributed by atoms with E-state index in [1.54, 1.807) is 12.1 Å². The first-order valence-corrected chi connectivity index (χ1v) is 5.91. The van der Waals surface area contributed by atoms with Crippen molar-refractivity contribution in [1.82, 2.24) is 4.57 Å². The summed E-state index contributed by atoms with van der Waals surface area (Å²) in [6.07, 6.45) is 5.95. The Balaban J connectivity index is 2.12. The van der Waals surface area contributed by atoms with Gasteiger partial charge in [-0.15, -0.1) is 0 Å². The molecule has 2 aromatic rings. The molecule has 0 saturated carbocycles. The quantitative estimate of drug-likeness (QED) is 0.750. The number of hydrogen-bond donors (Lipinski definition) is 0. The van der Waals surface area contributed by atoms with Crippen LogP contribution >= 0.6 is 0 Å². The molecule has 0 atom stereocenters. The van der Waals surface area contributed by atoms with Crippen molar-refractivity contribution in [2.45, 2.75) is 19.9 Å². The summed E-state index contributed by atoms with van der Waals surface area (Å²) >= 11 is 0. The lowest BCUT2D eigenvalue weighted by atomic mass is 10.2. The monoisotopic (exact) mass is 237 g/mol. The van der Waals surface area contributed by atoms with Crippen molar-refractivity contribution in [2.24, 2.45) is 4.99 Å². The molecule has 90 valence electrons. The Hall–Kier alpha value is -2.34. The maximum absolute atomic E-state index is 8.70. The van der Waals surface area contributed by atoms with Gasteiger partial charge in [-0.1, -0.05) is 0 Å². The van der Waals surface area contributed by atoms with E-state index in [1.165, 1.54) is 0 Å². The fourth-order valence-electron chi connectivity index (χ4n) is 1.60. The van der Waals surface area contributed by atoms with Crippen LogP contribution in [-0.2, 0) is 0 Å². The van der Waals surface area contributed by atoms with Gasteiger partial charge < -0.3 is 4.57 Å². The maximum Gasteiger partial charge on any atom is 0.0991 e. The first-order valence-electron chi connectivity index (χ1n) is 5.91. The third-order valence-corrected chi connectivity index (χ3v) is 2.69. The third-order valence-electron chi connectivity index (χ3n) is 2.69. The summed E-state index contributed by atoms with van der Waals surface area (Å²) in [5, 5.41) is 8.70. The molecular weight excluding hydrogens is 222 g/mol. The third kappa shape index (κ3) is 2.86. The minimum absolute atomic E-state index is 0.460. The number of nitrogens with zero attached hydrogens (tertiary/aromatic N) is 3. The van der Waals surface area contributed by atoms with Crippen molar-refractivity contribution < 1.29 is 0 Å². The predicted octanol–water partition coefficient (Wildman–Crippen LogP) is 3.69. The van der Waals surface area contributed by atoms with Crippen molar-refractivity contribution in [3.63, 3.8) is 0 Å². The molecule has 0 aliphatic carbocycles. The van der Waals surface area contributed by atoms with Crippen LogP contribution in [0.15, 0.2) is 47.7 Å². The lowest BCUT2D eigenvalue weighted by Crippen LogP contribution is -1.95. The van der Waals surface area contributed by atoms with Crippen LogP contribution in [0.2, 0.25) is 0 Å². The van der Waals surface area contributed by atoms with E-state index in [-0.39, 0.29) is 0 Å². The van der Waals surface area contributed by atoms with E-state index >= 15 is 0 Å². The largest absolute Gasteiger partial charge is 0.351 e. The first kappa shape index (κ1) is 12.1. The SMILES string of the molecule is CC(C)n1ccc(C=Nc2ccc(C#N)cc2)c1. The Morgan fingerprint density at radius 1 is 1.22 bits per heavy atom. The molecule has 0 unspecified atom stereocenters. The summed E-state index contributed by atoms with van der Waals surface area (Å²) in [5.41, 5.74) is 2.58. The van der Waals surface area contributed by atoms with Gasteiger partial charge in [-0.05, 0) is 44.2 Å². The van der Waals surface area contributed by atoms with Gasteiger partial charge in [-0.25, -0.2) is 0 Å². The van der Waals surface area contributed by atoms with E-state index < -0.39 is 0 Å². The number of aromatic nitrogens is 1. The molecule has 0 bridgehead atoms. The second-order valence-corrected chi connectivity index (χ2v) is 4.40. The van der Waals surface area contributed by atoms with Crippen molar-refractivity contribution >= 4 is 11.9 Å². The van der Waals surface area contributed by atoms with Crippen LogP contribution < -0.4 is 0 Å². The average Bonchev–Trinajstić information content (AvgIpc) is 2.86. The van der Waals surface area contributed by atoms with Crippen LogP contribution in [0.4, 0.5) is 5.69 Å². The second kappa shape index (κ2) is 5.33. The molecule has 0 radical (unpaired) electrons. The highest BCUT2D eigenvalue weighted by molar-refractivity contribution is 5.81. The van der Waals surface area contributed by atoms with Gasteiger partial charge in [0.05, 0.1) is 17.3 Å². The molecule has 1 aromatic carbocycles. The van der Waals surface area contributed by atoms with E-state index in [2.05, 4.69) is 35.7 Å². The fourth-order valence-corrected chi connectivity index (χ4v) is 1.60. The summed E-state index contributed by atoms with van der Waals surface area (Å²) in [6.45, 7) is 4.28. The Morgan fingerprint density at radius 3 is 2.50 bits per heavy atom. The van der Waals surface area contributed by atoms with Crippen molar-refractivity contribution in [3.05, 3.63) is 53.9 Å². The van der Waals surface area contributed by atoms with E-state index in [9.17, 15) is 0 Å². The Bertz CT molecular complexity index is 583. The molecule has 2 rings (SSSR count). The summed E-state index contributed by atoms with van der Waals surface area (Å²) in [6, 6.07) is 11.8. The van der Waals surface area contributed by atoms with Gasteiger partial charge in [0.1, 0.15) is 0 Å². The second-order valence-electron chi connectivity index (χ2n) is 4.40. The number of benzene rings is 1. The van der Waals surface area contributed by atoms with Crippen LogP contribution in [-0.4, -0.2) is 10.8 Å². The lowest BCUT2D eigenvalue weighted by molar-refractivity contribution is 0.603. The molecule has 0 aliphatic rings. The Labute approximate surface area is 107 Å². The van der Waals surface area contributed by atoms with Gasteiger partial charge in [0.2, 0.25) is 0 Å². The molecule has 0 fully saturated rings. The summed E-state index contributed by atoms with van der Waals surface area (Å²) in [5.74, 6) is 0. The molecule has 1 aromatic heterocycles. The standard InChI is InChI=1S/C15H15N3/c1-12(2)18-8-7-14(11-18)10-17-15-5-3-13(9-16)4-6-15/h3-8,10-12H,1-2H3. The lowest BCUT2D eigenvalue weighted by Gasteiger charge is -2.04. The van der Waals surface area contributed by atoms with Crippen LogP contribution in [0.1, 0.15) is 31.0 Å². The Morgan fingerprint density at radius 2 is 1.94 bits per heavy atom. The zero-order valence-corrected chi connectivity index (χ0v) is 10.5. The van der Waals surface area contributed by atoms with Crippen LogP contribution in [0.5, 0.6) is 0 Å². The smallest absolute Gasteiger partial charge is 0.0991 e. The highest BCUT2D eigenvalue weighted by atomic mass is 15.0. The highest BCUT2D eigenvalue weighted by Gasteiger charge is 1.97. The van der Waals surface area contributed by atoms with Crippen LogP contribution in [0.3, 0.4) is 0 Å². The molecule has 3 heteroatoms. The summed E-state index contributed by atoms with van der Waals surface area (Å²) in [4.78, 5) is 4.38. The van der Waals surface area contributed by atoms with Crippen molar-refractivity contribution in [2.75, 3.05) is 0 Å². The van der Waals surface area contributed by atoms with Gasteiger partial charge in [0.25, 0.3) is 0 Å². The van der Waals surface area contributed by atoms with Gasteiger partial charge in [-0.2, -0.15) is 5.26 Å². The van der Waals surface area contributed by atoms with Gasteiger partial charge in [0.15, 0.2) is 0 Å². The molecule has 0 amide bonds. The molecule has 18 heavy (non-hydrogen) atoms. The average molecular weight is 237 g/mol. The summed E-state index contributed by atoms with van der Waals surface area (Å²) in [7, 11) is 0. The number of rotatable bonds is 3. The van der Waals surface area contributed by atoms with E-state index in [0.717, 1.165) is 11.3 Å². The molecule has 0 saturated heterocycles. The minimum Gasteiger partial charge on any atom is -0.351 e. The number of aliphatic imine (C=N–C) groups is 1. The van der Waals surface area contributed by atoms with E-state index in [4.69, 9.17) is 5.26 Å². The van der Waals surface area contributed by atoms with Crippen molar-refractivity contribution in [1.29, 1.82) is 5.26 Å². The summed E-state index contributed by atoms with van der Waals surface area (Å²) < 4.78 is 2.14. The highest BCUT2D eigenvalue weighted by Crippen LogP contribution is 2.13. The molecule has 0 N–H and O–H groups in total. The van der Waals surface area contributed by atoms with Gasteiger partial charge >= 0.3 is 0 Å². The van der Waals surface area contributed by atoms with Crippen molar-refractivity contribution in [3.8, 4) is 6.07 Å². The van der Waals surface area contributed by atoms with Gasteiger partial charge in [-0.3, -0.25) is 4.99 Å². The zero-order chi connectivity index (χ0) is 13.0. The molecule has 0 aliphatic heterocycles. The molecular formula is C15H15N3. The van der Waals surface area contributed by atoms with Gasteiger partial charge in [0, 0.05) is 30.2 Å².